The largest absolute Gasteiger partial charge is 0.324 e. The fraction of sp³-hybridized carbons (Fsp3) is 0.0476. The van der Waals surface area contributed by atoms with E-state index >= 15 is 0 Å². The monoisotopic (exact) mass is 488 g/mol. The normalized spacial score (nSPS) is 10.9. The van der Waals surface area contributed by atoms with Crippen LogP contribution in [0.4, 0.5) is 16.3 Å². The van der Waals surface area contributed by atoms with Gasteiger partial charge in [0.2, 0.25) is 0 Å². The van der Waals surface area contributed by atoms with Gasteiger partial charge in [-0.05, 0) is 45.1 Å². The Balaban J connectivity index is 1.48. The zero-order valence-corrected chi connectivity index (χ0v) is 18.1. The lowest BCUT2D eigenvalue weighted by Gasteiger charge is -2.09. The molecule has 2 N–H and O–H groups in total. The second kappa shape index (κ2) is 8.45. The van der Waals surface area contributed by atoms with E-state index < -0.39 is 0 Å². The van der Waals surface area contributed by atoms with E-state index in [1.54, 1.807) is 23.0 Å². The molecule has 1 heterocycles. The first-order chi connectivity index (χ1) is 14.0. The number of carbonyl (C=O) groups is 1. The van der Waals surface area contributed by atoms with Crippen molar-refractivity contribution < 1.29 is 4.79 Å². The molecule has 1 aromatic heterocycles. The maximum absolute atomic E-state index is 12.5. The van der Waals surface area contributed by atoms with Crippen LogP contribution >= 0.6 is 39.1 Å². The molecule has 146 valence electrons. The number of carbonyl (C=O) groups excluding carboxylic acids is 1. The Morgan fingerprint density at radius 2 is 1.83 bits per heavy atom. The van der Waals surface area contributed by atoms with Gasteiger partial charge in [-0.15, -0.1) is 0 Å². The number of fused-ring (bicyclic) bond motifs is 1. The van der Waals surface area contributed by atoms with E-state index in [1.807, 2.05) is 48.5 Å². The molecule has 0 aliphatic carbocycles. The van der Waals surface area contributed by atoms with Crippen LogP contribution in [0.25, 0.3) is 10.8 Å². The summed E-state index contributed by atoms with van der Waals surface area (Å²) in [6.07, 6.45) is 1.78. The number of halogens is 3. The lowest BCUT2D eigenvalue weighted by molar-refractivity contribution is 0.262. The molecule has 0 spiro atoms. The van der Waals surface area contributed by atoms with E-state index in [9.17, 15) is 4.79 Å². The Hall–Kier alpha value is -2.54. The van der Waals surface area contributed by atoms with Gasteiger partial charge in [-0.25, -0.2) is 4.79 Å². The van der Waals surface area contributed by atoms with Gasteiger partial charge in [-0.1, -0.05) is 65.7 Å². The van der Waals surface area contributed by atoms with Gasteiger partial charge in [0.1, 0.15) is 0 Å². The minimum absolute atomic E-state index is 0.378. The predicted octanol–water partition coefficient (Wildman–Crippen LogP) is 6.80. The van der Waals surface area contributed by atoms with E-state index in [2.05, 4.69) is 31.7 Å². The van der Waals surface area contributed by atoms with E-state index in [4.69, 9.17) is 23.2 Å². The van der Waals surface area contributed by atoms with Crippen LogP contribution in [0.15, 0.2) is 71.3 Å². The molecule has 3 aromatic carbocycles. The number of nitrogens with one attached hydrogen (secondary N) is 2. The van der Waals surface area contributed by atoms with Gasteiger partial charge in [0.05, 0.1) is 16.7 Å². The standard InChI is InChI=1S/C21H15BrCl2N4O/c22-17-12-28(11-14-8-9-15(23)10-18(14)24)27-20(17)26-21(29)25-19-7-3-5-13-4-1-2-6-16(13)19/h1-10,12H,11H2,(H2,25,26,27,29). The maximum atomic E-state index is 12.5. The van der Waals surface area contributed by atoms with Crippen LogP contribution in [-0.4, -0.2) is 15.8 Å². The van der Waals surface area contributed by atoms with Crippen molar-refractivity contribution in [2.75, 3.05) is 10.6 Å². The van der Waals surface area contributed by atoms with Crippen molar-refractivity contribution in [3.63, 3.8) is 0 Å². The third kappa shape index (κ3) is 4.56. The first-order valence-electron chi connectivity index (χ1n) is 8.72. The number of anilines is 2. The minimum atomic E-state index is -0.378. The van der Waals surface area contributed by atoms with Crippen molar-refractivity contribution in [2.45, 2.75) is 6.54 Å². The maximum Gasteiger partial charge on any atom is 0.324 e. The number of amides is 2. The summed E-state index contributed by atoms with van der Waals surface area (Å²) in [6.45, 7) is 0.446. The SMILES string of the molecule is O=C(Nc1nn(Cc2ccc(Cl)cc2Cl)cc1Br)Nc1cccc2ccccc12. The second-order valence-electron chi connectivity index (χ2n) is 6.36. The van der Waals surface area contributed by atoms with Crippen LogP contribution in [0.1, 0.15) is 5.56 Å². The van der Waals surface area contributed by atoms with Crippen LogP contribution in [0, 0.1) is 0 Å². The zero-order chi connectivity index (χ0) is 20.4. The summed E-state index contributed by atoms with van der Waals surface area (Å²) in [5, 5.41) is 13.2. The lowest BCUT2D eigenvalue weighted by atomic mass is 10.1. The summed E-state index contributed by atoms with van der Waals surface area (Å²) in [6, 6.07) is 18.6. The van der Waals surface area contributed by atoms with Gasteiger partial charge in [0, 0.05) is 21.6 Å². The summed E-state index contributed by atoms with van der Waals surface area (Å²) in [4.78, 5) is 12.5. The first kappa shape index (κ1) is 19.8. The molecule has 0 atom stereocenters. The Morgan fingerprint density at radius 3 is 2.66 bits per heavy atom. The molecule has 0 bridgehead atoms. The summed E-state index contributed by atoms with van der Waals surface area (Å²) in [7, 11) is 0. The molecule has 29 heavy (non-hydrogen) atoms. The highest BCUT2D eigenvalue weighted by Crippen LogP contribution is 2.26. The number of rotatable bonds is 4. The number of hydrogen-bond donors (Lipinski definition) is 2. The molecular weight excluding hydrogens is 475 g/mol. The fourth-order valence-corrected chi connectivity index (χ4v) is 3.87. The highest BCUT2D eigenvalue weighted by Gasteiger charge is 2.12. The summed E-state index contributed by atoms with van der Waals surface area (Å²) in [5.41, 5.74) is 1.60. The Kier molecular flexibility index (Phi) is 5.76. The molecule has 2 amide bonds. The quantitative estimate of drug-likeness (QED) is 0.331. The van der Waals surface area contributed by atoms with Gasteiger partial charge in [-0.3, -0.25) is 10.00 Å². The predicted molar refractivity (Wildman–Crippen MR) is 122 cm³/mol. The molecule has 8 heteroatoms. The molecule has 0 unspecified atom stereocenters. The summed E-state index contributed by atoms with van der Waals surface area (Å²) in [5.74, 6) is 0.410. The van der Waals surface area contributed by atoms with Gasteiger partial charge < -0.3 is 5.32 Å². The van der Waals surface area contributed by atoms with Gasteiger partial charge in [0.25, 0.3) is 0 Å². The van der Waals surface area contributed by atoms with Gasteiger partial charge in [0.15, 0.2) is 5.82 Å². The molecule has 0 aliphatic heterocycles. The van der Waals surface area contributed by atoms with Crippen molar-refractivity contribution in [2.24, 2.45) is 0 Å². The van der Waals surface area contributed by atoms with Crippen molar-refractivity contribution in [3.05, 3.63) is 86.9 Å². The van der Waals surface area contributed by atoms with Crippen LogP contribution in [0.3, 0.4) is 0 Å². The average molecular weight is 490 g/mol. The number of aromatic nitrogens is 2. The molecule has 0 aliphatic rings. The van der Waals surface area contributed by atoms with E-state index in [0.717, 1.165) is 22.0 Å². The molecule has 0 saturated carbocycles. The van der Waals surface area contributed by atoms with Crippen LogP contribution in [0.2, 0.25) is 10.0 Å². The highest BCUT2D eigenvalue weighted by molar-refractivity contribution is 9.10. The molecule has 0 radical (unpaired) electrons. The van der Waals surface area contributed by atoms with Crippen molar-refractivity contribution in [1.29, 1.82) is 0 Å². The smallest absolute Gasteiger partial charge is 0.307 e. The van der Waals surface area contributed by atoms with Gasteiger partial charge in [-0.2, -0.15) is 5.10 Å². The van der Waals surface area contributed by atoms with Gasteiger partial charge >= 0.3 is 6.03 Å². The molecule has 4 aromatic rings. The Bertz CT molecular complexity index is 1200. The lowest BCUT2D eigenvalue weighted by Crippen LogP contribution is -2.20. The van der Waals surface area contributed by atoms with Crippen LogP contribution in [0.5, 0.6) is 0 Å². The minimum Gasteiger partial charge on any atom is -0.307 e. The zero-order valence-electron chi connectivity index (χ0n) is 15.0. The topological polar surface area (TPSA) is 59.0 Å². The van der Waals surface area contributed by atoms with Crippen LogP contribution < -0.4 is 10.6 Å². The molecule has 4 rings (SSSR count). The second-order valence-corrected chi connectivity index (χ2v) is 8.06. The van der Waals surface area contributed by atoms with E-state index in [1.165, 1.54) is 0 Å². The van der Waals surface area contributed by atoms with E-state index in [0.29, 0.717) is 26.9 Å². The Labute approximate surface area is 185 Å². The summed E-state index contributed by atoms with van der Waals surface area (Å²) >= 11 is 15.6. The molecular formula is C21H15BrCl2N4O. The first-order valence-corrected chi connectivity index (χ1v) is 10.3. The van der Waals surface area contributed by atoms with E-state index in [-0.39, 0.29) is 6.03 Å². The highest BCUT2D eigenvalue weighted by atomic mass is 79.9. The number of hydrogen-bond acceptors (Lipinski definition) is 2. The third-order valence-electron chi connectivity index (χ3n) is 4.33. The van der Waals surface area contributed by atoms with Crippen molar-refractivity contribution >= 4 is 67.4 Å². The third-order valence-corrected chi connectivity index (χ3v) is 5.50. The Morgan fingerprint density at radius 1 is 1.03 bits per heavy atom. The molecule has 5 nitrogen and oxygen atoms in total. The number of urea groups is 1. The number of benzene rings is 3. The average Bonchev–Trinajstić information content (AvgIpc) is 3.03. The number of nitrogens with zero attached hydrogens (tertiary/aromatic N) is 2. The van der Waals surface area contributed by atoms with Crippen molar-refractivity contribution in [1.82, 2.24) is 9.78 Å². The summed E-state index contributed by atoms with van der Waals surface area (Å²) < 4.78 is 2.35. The molecule has 0 fully saturated rings. The fourth-order valence-electron chi connectivity index (χ4n) is 2.98. The van der Waals surface area contributed by atoms with Crippen LogP contribution in [-0.2, 0) is 6.54 Å². The van der Waals surface area contributed by atoms with Crippen molar-refractivity contribution in [3.8, 4) is 0 Å². The molecule has 0 saturated heterocycles.